The smallest absolute Gasteiger partial charge is 0.320 e. The first kappa shape index (κ1) is 26.2. The molecule has 9 heteroatoms. The molecule has 9 nitrogen and oxygen atoms in total. The summed E-state index contributed by atoms with van der Waals surface area (Å²) in [5.41, 5.74) is 4.45. The molecule has 39 heavy (non-hydrogen) atoms. The van der Waals surface area contributed by atoms with Gasteiger partial charge < -0.3 is 10.1 Å². The van der Waals surface area contributed by atoms with Crippen LogP contribution >= 0.6 is 0 Å². The number of anilines is 1. The fourth-order valence-electron chi connectivity index (χ4n) is 5.52. The lowest BCUT2D eigenvalue weighted by atomic mass is 9.93. The predicted octanol–water partition coefficient (Wildman–Crippen LogP) is 5.22. The minimum Gasteiger partial charge on any atom is -0.466 e. The van der Waals surface area contributed by atoms with E-state index < -0.39 is 0 Å². The number of aromatic nitrogens is 4. The summed E-state index contributed by atoms with van der Waals surface area (Å²) in [5, 5.41) is 15.4. The number of rotatable bonds is 8. The monoisotopic (exact) mass is 526 g/mol. The number of benzene rings is 2. The van der Waals surface area contributed by atoms with Crippen molar-refractivity contribution in [3.63, 3.8) is 0 Å². The van der Waals surface area contributed by atoms with Crippen LogP contribution < -0.4 is 10.6 Å². The third-order valence-corrected chi connectivity index (χ3v) is 7.30. The summed E-state index contributed by atoms with van der Waals surface area (Å²) in [7, 11) is 1.86. The van der Waals surface area contributed by atoms with E-state index in [1.165, 1.54) is 0 Å². The number of aryl methyl sites for hydroxylation is 1. The Bertz CT molecular complexity index is 1430. The van der Waals surface area contributed by atoms with Crippen LogP contribution in [0.3, 0.4) is 0 Å². The van der Waals surface area contributed by atoms with E-state index >= 15 is 0 Å². The van der Waals surface area contributed by atoms with E-state index in [1.807, 2.05) is 75.6 Å². The van der Waals surface area contributed by atoms with Crippen LogP contribution in [0, 0.1) is 12.8 Å². The fraction of sp³-hybridized carbons (Fsp3) is 0.333. The topological polar surface area (TPSA) is 103 Å². The zero-order valence-electron chi connectivity index (χ0n) is 22.5. The predicted molar refractivity (Wildman–Crippen MR) is 150 cm³/mol. The number of carbonyl (C=O) groups excluding carboxylic acids is 2. The van der Waals surface area contributed by atoms with Gasteiger partial charge in [-0.15, -0.1) is 0 Å². The Labute approximate surface area is 228 Å². The van der Waals surface area contributed by atoms with Gasteiger partial charge in [0.1, 0.15) is 11.5 Å². The molecule has 1 fully saturated rings. The second-order valence-corrected chi connectivity index (χ2v) is 10.0. The molecular formula is C30H34N6O3. The van der Waals surface area contributed by atoms with Crippen molar-refractivity contribution in [1.82, 2.24) is 24.9 Å². The van der Waals surface area contributed by atoms with E-state index in [4.69, 9.17) is 9.84 Å². The van der Waals surface area contributed by atoms with Gasteiger partial charge in [0.2, 0.25) is 0 Å². The molecule has 3 atom stereocenters. The Hall–Kier alpha value is -4.40. The van der Waals surface area contributed by atoms with Crippen molar-refractivity contribution in [3.05, 3.63) is 84.2 Å². The van der Waals surface area contributed by atoms with E-state index in [2.05, 4.69) is 27.9 Å². The first-order chi connectivity index (χ1) is 18.9. The largest absolute Gasteiger partial charge is 0.466 e. The molecule has 1 aliphatic carbocycles. The van der Waals surface area contributed by atoms with E-state index in [0.29, 0.717) is 25.3 Å². The summed E-state index contributed by atoms with van der Waals surface area (Å²) in [5.74, 6) is 0.635. The molecule has 1 saturated carbocycles. The van der Waals surface area contributed by atoms with Gasteiger partial charge in [-0.25, -0.2) is 9.48 Å². The Kier molecular flexibility index (Phi) is 7.76. The lowest BCUT2D eigenvalue weighted by Crippen LogP contribution is -2.40. The fourth-order valence-corrected chi connectivity index (χ4v) is 5.52. The molecule has 0 saturated heterocycles. The Morgan fingerprint density at radius 1 is 1.05 bits per heavy atom. The molecule has 0 spiro atoms. The number of ether oxygens (including phenoxy) is 1. The first-order valence-corrected chi connectivity index (χ1v) is 13.3. The summed E-state index contributed by atoms with van der Waals surface area (Å²) in [6.07, 6.45) is 5.53. The maximum absolute atomic E-state index is 13.5. The van der Waals surface area contributed by atoms with Gasteiger partial charge in [-0.1, -0.05) is 48.5 Å². The number of urea groups is 1. The quantitative estimate of drug-likeness (QED) is 0.307. The van der Waals surface area contributed by atoms with Gasteiger partial charge in [-0.2, -0.15) is 10.2 Å². The van der Waals surface area contributed by atoms with E-state index in [9.17, 15) is 9.59 Å². The van der Waals surface area contributed by atoms with E-state index in [1.54, 1.807) is 15.6 Å². The van der Waals surface area contributed by atoms with Gasteiger partial charge in [0.25, 0.3) is 0 Å². The first-order valence-electron chi connectivity index (χ1n) is 13.3. The number of amides is 2. The van der Waals surface area contributed by atoms with Crippen LogP contribution in [0.25, 0.3) is 16.9 Å². The number of esters is 1. The number of hydrogen-bond acceptors (Lipinski definition) is 5. The lowest BCUT2D eigenvalue weighted by molar-refractivity contribution is -0.144. The molecule has 0 aliphatic heterocycles. The van der Waals surface area contributed by atoms with Crippen LogP contribution in [0.15, 0.2) is 73.1 Å². The molecule has 0 radical (unpaired) electrons. The minimum atomic E-state index is -0.310. The van der Waals surface area contributed by atoms with Crippen molar-refractivity contribution in [2.75, 3.05) is 11.9 Å². The van der Waals surface area contributed by atoms with Gasteiger partial charge in [-0.3, -0.25) is 14.8 Å². The number of nitrogens with one attached hydrogen (secondary N) is 2. The maximum atomic E-state index is 13.5. The second kappa shape index (κ2) is 11.6. The molecule has 202 valence electrons. The van der Waals surface area contributed by atoms with Crippen LogP contribution in [-0.2, 0) is 16.6 Å². The SMILES string of the molecule is CCOC(=O)CC1C[C@@H](NC(=O)Nc2c(C)c(-c3cnn(C)c3)nn2-c2ccccc2)[C@H](c2ccccc2)C1. The molecule has 2 amide bonds. The van der Waals surface area contributed by atoms with Crippen LogP contribution in [0.1, 0.15) is 43.2 Å². The molecule has 0 bridgehead atoms. The summed E-state index contributed by atoms with van der Waals surface area (Å²) >= 11 is 0. The molecule has 2 heterocycles. The zero-order chi connectivity index (χ0) is 27.4. The standard InChI is InChI=1S/C30H34N6O3/c1-4-39-27(37)17-21-15-25(22-11-7-5-8-12-22)26(16-21)32-30(38)33-29-20(2)28(23-18-31-35(3)19-23)34-36(29)24-13-9-6-10-14-24/h5-14,18-19,21,25-26H,4,15-17H2,1-3H3,(H2,32,33,38)/t21?,25-,26+/m0/s1. The van der Waals surface area contributed by atoms with Gasteiger partial charge in [-0.05, 0) is 50.3 Å². The van der Waals surface area contributed by atoms with Gasteiger partial charge in [0.05, 0.1) is 18.5 Å². The summed E-state index contributed by atoms with van der Waals surface area (Å²) in [6, 6.07) is 19.4. The van der Waals surface area contributed by atoms with Crippen LogP contribution in [0.5, 0.6) is 0 Å². The summed E-state index contributed by atoms with van der Waals surface area (Å²) < 4.78 is 8.68. The number of nitrogens with zero attached hydrogens (tertiary/aromatic N) is 4. The normalized spacial score (nSPS) is 18.6. The third-order valence-electron chi connectivity index (χ3n) is 7.30. The molecule has 1 unspecified atom stereocenters. The number of carbonyl (C=O) groups is 2. The van der Waals surface area contributed by atoms with Crippen molar-refractivity contribution in [3.8, 4) is 16.9 Å². The van der Waals surface area contributed by atoms with E-state index in [0.717, 1.165) is 34.5 Å². The van der Waals surface area contributed by atoms with Crippen LogP contribution in [0.2, 0.25) is 0 Å². The van der Waals surface area contributed by atoms with Crippen molar-refractivity contribution < 1.29 is 14.3 Å². The zero-order valence-corrected chi connectivity index (χ0v) is 22.5. The highest BCUT2D eigenvalue weighted by atomic mass is 16.5. The minimum absolute atomic E-state index is 0.0995. The molecule has 2 aromatic carbocycles. The third kappa shape index (κ3) is 5.87. The molecule has 2 aromatic heterocycles. The Morgan fingerprint density at radius 2 is 1.77 bits per heavy atom. The highest BCUT2D eigenvalue weighted by Gasteiger charge is 2.37. The molecule has 5 rings (SSSR count). The summed E-state index contributed by atoms with van der Waals surface area (Å²) in [4.78, 5) is 25.7. The summed E-state index contributed by atoms with van der Waals surface area (Å²) in [6.45, 7) is 4.13. The van der Waals surface area contributed by atoms with Gasteiger partial charge in [0.15, 0.2) is 0 Å². The van der Waals surface area contributed by atoms with Gasteiger partial charge in [0, 0.05) is 42.8 Å². The van der Waals surface area contributed by atoms with E-state index in [-0.39, 0.29) is 29.9 Å². The molecule has 4 aromatic rings. The highest BCUT2D eigenvalue weighted by Crippen LogP contribution is 2.40. The molecule has 2 N–H and O–H groups in total. The number of hydrogen-bond donors (Lipinski definition) is 2. The molecule has 1 aliphatic rings. The average molecular weight is 527 g/mol. The van der Waals surface area contributed by atoms with Crippen molar-refractivity contribution in [2.45, 2.75) is 45.1 Å². The Morgan fingerprint density at radius 3 is 2.44 bits per heavy atom. The van der Waals surface area contributed by atoms with Crippen molar-refractivity contribution in [2.24, 2.45) is 13.0 Å². The highest BCUT2D eigenvalue weighted by molar-refractivity contribution is 5.91. The second-order valence-electron chi connectivity index (χ2n) is 10.0. The van der Waals surface area contributed by atoms with Crippen LogP contribution in [0.4, 0.5) is 10.6 Å². The molecular weight excluding hydrogens is 492 g/mol. The van der Waals surface area contributed by atoms with Crippen LogP contribution in [-0.4, -0.2) is 44.2 Å². The average Bonchev–Trinajstić information content (AvgIpc) is 3.63. The van der Waals surface area contributed by atoms with Crippen molar-refractivity contribution >= 4 is 17.8 Å². The van der Waals surface area contributed by atoms with Gasteiger partial charge >= 0.3 is 12.0 Å². The maximum Gasteiger partial charge on any atom is 0.320 e. The van der Waals surface area contributed by atoms with Crippen molar-refractivity contribution in [1.29, 1.82) is 0 Å². The number of para-hydroxylation sites is 1. The Balaban J connectivity index is 1.40. The lowest BCUT2D eigenvalue weighted by Gasteiger charge is -2.22.